The first kappa shape index (κ1) is 14.3. The summed E-state index contributed by atoms with van der Waals surface area (Å²) < 4.78 is 5.24. The van der Waals surface area contributed by atoms with Crippen LogP contribution >= 0.6 is 11.6 Å². The summed E-state index contributed by atoms with van der Waals surface area (Å²) in [5.74, 6) is -0.113. The molecule has 0 saturated carbocycles. The number of carbonyl (C=O) groups excluding carboxylic acids is 1. The Bertz CT molecular complexity index is 441. The van der Waals surface area contributed by atoms with Crippen LogP contribution in [0.25, 0.3) is 0 Å². The first-order chi connectivity index (χ1) is 9.01. The van der Waals surface area contributed by atoms with Gasteiger partial charge in [0.05, 0.1) is 11.6 Å². The van der Waals surface area contributed by atoms with Crippen LogP contribution < -0.4 is 11.1 Å². The van der Waals surface area contributed by atoms with Crippen LogP contribution in [0.3, 0.4) is 0 Å². The van der Waals surface area contributed by atoms with E-state index in [1.54, 1.807) is 0 Å². The van der Waals surface area contributed by atoms with Gasteiger partial charge in [-0.25, -0.2) is 0 Å². The van der Waals surface area contributed by atoms with Crippen LogP contribution in [0.4, 0.5) is 0 Å². The van der Waals surface area contributed by atoms with E-state index in [2.05, 4.69) is 5.32 Å². The number of nitrogens with one attached hydrogen (secondary N) is 1. The molecule has 3 N–H and O–H groups in total. The van der Waals surface area contributed by atoms with Gasteiger partial charge in [-0.3, -0.25) is 4.79 Å². The number of ether oxygens (including phenoxy) is 1. The fraction of sp³-hybridized carbons (Fsp3) is 0.500. The third-order valence-corrected chi connectivity index (χ3v) is 3.81. The van der Waals surface area contributed by atoms with Crippen LogP contribution in [-0.4, -0.2) is 24.7 Å². The Balaban J connectivity index is 2.00. The molecule has 1 aliphatic heterocycles. The van der Waals surface area contributed by atoms with Crippen molar-refractivity contribution in [2.24, 2.45) is 5.73 Å². The second kappa shape index (κ2) is 5.90. The zero-order valence-electron chi connectivity index (χ0n) is 11.0. The molecule has 0 bridgehead atoms. The third-order valence-electron chi connectivity index (χ3n) is 3.55. The number of benzene rings is 1. The summed E-state index contributed by atoms with van der Waals surface area (Å²) in [7, 11) is 0. The molecule has 0 aliphatic carbocycles. The minimum Gasteiger partial charge on any atom is -0.381 e. The average Bonchev–Trinajstić information content (AvgIpc) is 2.40. The minimum absolute atomic E-state index is 0.0898. The van der Waals surface area contributed by atoms with Crippen molar-refractivity contribution in [3.63, 3.8) is 0 Å². The van der Waals surface area contributed by atoms with Crippen LogP contribution in [0.15, 0.2) is 24.3 Å². The lowest BCUT2D eigenvalue weighted by Gasteiger charge is -2.33. The molecule has 5 heteroatoms. The zero-order valence-corrected chi connectivity index (χ0v) is 11.7. The molecule has 104 valence electrons. The molecule has 1 saturated heterocycles. The van der Waals surface area contributed by atoms with Crippen molar-refractivity contribution in [3.05, 3.63) is 34.9 Å². The van der Waals surface area contributed by atoms with Gasteiger partial charge in [0.15, 0.2) is 0 Å². The number of nitrogens with two attached hydrogens (primary N) is 1. The summed E-state index contributed by atoms with van der Waals surface area (Å²) in [5, 5.41) is 3.65. The van der Waals surface area contributed by atoms with Gasteiger partial charge in [0.2, 0.25) is 5.91 Å². The molecule has 0 spiro atoms. The molecule has 1 aromatic rings. The Hall–Kier alpha value is -1.10. The van der Waals surface area contributed by atoms with Crippen molar-refractivity contribution >= 4 is 17.5 Å². The highest BCUT2D eigenvalue weighted by molar-refractivity contribution is 6.30. The van der Waals surface area contributed by atoms with E-state index in [1.165, 1.54) is 0 Å². The highest BCUT2D eigenvalue weighted by atomic mass is 35.5. The van der Waals surface area contributed by atoms with Gasteiger partial charge in [-0.2, -0.15) is 0 Å². The normalized spacial score (nSPS) is 19.7. The van der Waals surface area contributed by atoms with E-state index in [0.29, 0.717) is 31.1 Å². The largest absolute Gasteiger partial charge is 0.381 e. The first-order valence-electron chi connectivity index (χ1n) is 6.44. The van der Waals surface area contributed by atoms with Gasteiger partial charge < -0.3 is 15.8 Å². The third kappa shape index (κ3) is 3.47. The van der Waals surface area contributed by atoms with Crippen LogP contribution in [0.5, 0.6) is 0 Å². The molecule has 1 aromatic carbocycles. The maximum absolute atomic E-state index is 12.3. The van der Waals surface area contributed by atoms with Crippen LogP contribution in [0, 0.1) is 0 Å². The van der Waals surface area contributed by atoms with Crippen molar-refractivity contribution < 1.29 is 9.53 Å². The molecule has 4 nitrogen and oxygen atoms in total. The molecule has 2 rings (SSSR count). The fourth-order valence-corrected chi connectivity index (χ4v) is 2.26. The summed E-state index contributed by atoms with van der Waals surface area (Å²) >= 11 is 5.84. The molecule has 1 heterocycles. The highest BCUT2D eigenvalue weighted by Crippen LogP contribution is 2.21. The van der Waals surface area contributed by atoms with E-state index in [1.807, 2.05) is 31.2 Å². The second-order valence-electron chi connectivity index (χ2n) is 5.02. The maximum Gasteiger partial charge on any atom is 0.240 e. The van der Waals surface area contributed by atoms with E-state index >= 15 is 0 Å². The van der Waals surface area contributed by atoms with Crippen molar-refractivity contribution in [3.8, 4) is 0 Å². The van der Waals surface area contributed by atoms with Crippen molar-refractivity contribution in [1.82, 2.24) is 5.32 Å². The van der Waals surface area contributed by atoms with Gasteiger partial charge in [0, 0.05) is 18.2 Å². The summed E-state index contributed by atoms with van der Waals surface area (Å²) in [6, 6.07) is 7.34. The molecular formula is C14H19ClN2O2. The number of amides is 1. The summed E-state index contributed by atoms with van der Waals surface area (Å²) in [5.41, 5.74) is 6.34. The number of carbonyl (C=O) groups is 1. The maximum atomic E-state index is 12.3. The first-order valence-corrected chi connectivity index (χ1v) is 6.82. The predicted octanol–water partition coefficient (Wildman–Crippen LogP) is 2.03. The van der Waals surface area contributed by atoms with Gasteiger partial charge in [-0.05, 0) is 37.5 Å². The van der Waals surface area contributed by atoms with Gasteiger partial charge in [0.25, 0.3) is 0 Å². The SMILES string of the molecule is C[C@@H](NC(=O)C1(N)CCOCC1)c1ccc(Cl)cc1. The summed E-state index contributed by atoms with van der Waals surface area (Å²) in [6.45, 7) is 3.02. The Morgan fingerprint density at radius 1 is 1.37 bits per heavy atom. The number of halogens is 1. The lowest BCUT2D eigenvalue weighted by Crippen LogP contribution is -2.57. The Labute approximate surface area is 118 Å². The van der Waals surface area contributed by atoms with Gasteiger partial charge >= 0.3 is 0 Å². The summed E-state index contributed by atoms with van der Waals surface area (Å²) in [4.78, 5) is 12.3. The number of hydrogen-bond donors (Lipinski definition) is 2. The smallest absolute Gasteiger partial charge is 0.240 e. The second-order valence-corrected chi connectivity index (χ2v) is 5.45. The van der Waals surface area contributed by atoms with Gasteiger partial charge in [0.1, 0.15) is 0 Å². The average molecular weight is 283 g/mol. The molecule has 1 amide bonds. The van der Waals surface area contributed by atoms with E-state index in [0.717, 1.165) is 5.56 Å². The molecule has 0 radical (unpaired) electrons. The highest BCUT2D eigenvalue weighted by Gasteiger charge is 2.36. The number of rotatable bonds is 3. The molecule has 0 aromatic heterocycles. The zero-order chi connectivity index (χ0) is 13.9. The van der Waals surface area contributed by atoms with Crippen molar-refractivity contribution in [1.29, 1.82) is 0 Å². The van der Waals surface area contributed by atoms with Crippen LogP contribution in [0.1, 0.15) is 31.4 Å². The summed E-state index contributed by atoms with van der Waals surface area (Å²) in [6.07, 6.45) is 1.12. The lowest BCUT2D eigenvalue weighted by atomic mass is 9.90. The molecule has 19 heavy (non-hydrogen) atoms. The Morgan fingerprint density at radius 2 is 1.95 bits per heavy atom. The topological polar surface area (TPSA) is 64.4 Å². The van der Waals surface area contributed by atoms with Crippen molar-refractivity contribution in [2.75, 3.05) is 13.2 Å². The van der Waals surface area contributed by atoms with E-state index in [9.17, 15) is 4.79 Å². The van der Waals surface area contributed by atoms with Crippen LogP contribution in [0.2, 0.25) is 5.02 Å². The van der Waals surface area contributed by atoms with E-state index in [4.69, 9.17) is 22.1 Å². The monoisotopic (exact) mass is 282 g/mol. The molecule has 1 aliphatic rings. The van der Waals surface area contributed by atoms with Gasteiger partial charge in [-0.15, -0.1) is 0 Å². The number of hydrogen-bond acceptors (Lipinski definition) is 3. The van der Waals surface area contributed by atoms with Crippen molar-refractivity contribution in [2.45, 2.75) is 31.3 Å². The van der Waals surface area contributed by atoms with Gasteiger partial charge in [-0.1, -0.05) is 23.7 Å². The predicted molar refractivity (Wildman–Crippen MR) is 75.0 cm³/mol. The molecule has 1 atom stereocenters. The quantitative estimate of drug-likeness (QED) is 0.891. The molecule has 1 fully saturated rings. The lowest BCUT2D eigenvalue weighted by molar-refractivity contribution is -0.130. The Morgan fingerprint density at radius 3 is 2.53 bits per heavy atom. The van der Waals surface area contributed by atoms with E-state index < -0.39 is 5.54 Å². The van der Waals surface area contributed by atoms with E-state index in [-0.39, 0.29) is 11.9 Å². The fourth-order valence-electron chi connectivity index (χ4n) is 2.14. The molecule has 0 unspecified atom stereocenters. The Kier molecular flexibility index (Phi) is 4.45. The standard InChI is InChI=1S/C14H19ClN2O2/c1-10(11-2-4-12(15)5-3-11)17-13(18)14(16)6-8-19-9-7-14/h2-5,10H,6-9,16H2,1H3,(H,17,18)/t10-/m1/s1. The van der Waals surface area contributed by atoms with Crippen LogP contribution in [-0.2, 0) is 9.53 Å². The minimum atomic E-state index is -0.807. The molecular weight excluding hydrogens is 264 g/mol.